The van der Waals surface area contributed by atoms with Gasteiger partial charge < -0.3 is 14.4 Å². The largest absolute Gasteiger partial charge is 0.483 e. The third-order valence-corrected chi connectivity index (χ3v) is 5.57. The molecule has 1 aromatic rings. The number of methoxy groups -OCH3 is 1. The van der Waals surface area contributed by atoms with Crippen LogP contribution in [0.2, 0.25) is 0 Å². The Hall–Kier alpha value is -2.04. The third kappa shape index (κ3) is 5.98. The van der Waals surface area contributed by atoms with Gasteiger partial charge in [0.05, 0.1) is 13.0 Å². The summed E-state index contributed by atoms with van der Waals surface area (Å²) < 4.78 is 10.7. The van der Waals surface area contributed by atoms with E-state index in [0.717, 1.165) is 42.6 Å². The molecule has 1 unspecified atom stereocenters. The van der Waals surface area contributed by atoms with Crippen LogP contribution in [-0.4, -0.2) is 43.1 Å². The van der Waals surface area contributed by atoms with Crippen LogP contribution in [0.15, 0.2) is 18.2 Å². The molecule has 5 heteroatoms. The number of carbonyl (C=O) groups excluding carboxylic acids is 2. The number of ether oxygens (including phenoxy) is 2. The summed E-state index contributed by atoms with van der Waals surface area (Å²) in [6.07, 6.45) is 6.65. The number of amides is 1. The van der Waals surface area contributed by atoms with Crippen LogP contribution in [-0.2, 0) is 14.3 Å². The molecule has 5 nitrogen and oxygen atoms in total. The fraction of sp³-hybridized carbons (Fsp3) is 0.636. The Morgan fingerprint density at radius 2 is 1.81 bits per heavy atom. The molecular formula is C22H33NO4. The highest BCUT2D eigenvalue weighted by Crippen LogP contribution is 2.24. The highest BCUT2D eigenvalue weighted by Gasteiger charge is 2.28. The molecule has 2 rings (SSSR count). The monoisotopic (exact) mass is 375 g/mol. The van der Waals surface area contributed by atoms with Crippen LogP contribution in [0, 0.1) is 19.8 Å². The van der Waals surface area contributed by atoms with E-state index in [0.29, 0.717) is 6.54 Å². The molecule has 1 atom stereocenters. The maximum Gasteiger partial charge on any atom is 0.310 e. The first-order valence-electron chi connectivity index (χ1n) is 10.00. The van der Waals surface area contributed by atoms with Gasteiger partial charge >= 0.3 is 5.97 Å². The van der Waals surface area contributed by atoms with Gasteiger partial charge in [0.2, 0.25) is 0 Å². The topological polar surface area (TPSA) is 55.8 Å². The molecule has 27 heavy (non-hydrogen) atoms. The van der Waals surface area contributed by atoms with E-state index in [-0.39, 0.29) is 30.4 Å². The molecule has 0 N–H and O–H groups in total. The van der Waals surface area contributed by atoms with Gasteiger partial charge in [-0.1, -0.05) is 44.7 Å². The summed E-state index contributed by atoms with van der Waals surface area (Å²) in [5.74, 6) is 0.0588. The normalized spacial score (nSPS) is 16.3. The molecular weight excluding hydrogens is 342 g/mol. The van der Waals surface area contributed by atoms with Crippen molar-refractivity contribution in [2.45, 2.75) is 65.3 Å². The first-order valence-corrected chi connectivity index (χ1v) is 10.00. The Balaban J connectivity index is 2.09. The molecule has 1 fully saturated rings. The number of rotatable bonds is 7. The smallest absolute Gasteiger partial charge is 0.310 e. The minimum Gasteiger partial charge on any atom is -0.483 e. The molecule has 0 spiro atoms. The Morgan fingerprint density at radius 3 is 2.44 bits per heavy atom. The lowest BCUT2D eigenvalue weighted by molar-refractivity contribution is -0.147. The molecule has 0 radical (unpaired) electrons. The van der Waals surface area contributed by atoms with E-state index >= 15 is 0 Å². The summed E-state index contributed by atoms with van der Waals surface area (Å²) in [5.41, 5.74) is 2.19. The second-order valence-corrected chi connectivity index (χ2v) is 7.60. The van der Waals surface area contributed by atoms with E-state index in [1.807, 2.05) is 43.9 Å². The van der Waals surface area contributed by atoms with Gasteiger partial charge in [-0.15, -0.1) is 0 Å². The number of benzene rings is 1. The molecule has 1 aliphatic carbocycles. The van der Waals surface area contributed by atoms with Crippen LogP contribution in [0.1, 0.15) is 56.6 Å². The summed E-state index contributed by atoms with van der Waals surface area (Å²) >= 11 is 0. The van der Waals surface area contributed by atoms with Crippen LogP contribution >= 0.6 is 0 Å². The van der Waals surface area contributed by atoms with Crippen molar-refractivity contribution in [3.05, 3.63) is 29.3 Å². The van der Waals surface area contributed by atoms with Crippen LogP contribution in [0.25, 0.3) is 0 Å². The van der Waals surface area contributed by atoms with Crippen LogP contribution < -0.4 is 4.74 Å². The second kappa shape index (κ2) is 10.3. The van der Waals surface area contributed by atoms with E-state index in [1.54, 1.807) is 0 Å². The van der Waals surface area contributed by atoms with Gasteiger partial charge in [0.25, 0.3) is 5.91 Å². The van der Waals surface area contributed by atoms with Gasteiger partial charge in [0.1, 0.15) is 5.75 Å². The van der Waals surface area contributed by atoms with E-state index < -0.39 is 0 Å². The first kappa shape index (κ1) is 21.3. The van der Waals surface area contributed by atoms with Crippen molar-refractivity contribution in [2.24, 2.45) is 5.92 Å². The van der Waals surface area contributed by atoms with Crippen LogP contribution in [0.4, 0.5) is 0 Å². The van der Waals surface area contributed by atoms with Crippen molar-refractivity contribution in [3.63, 3.8) is 0 Å². The SMILES string of the molecule is COC(=O)C(C)CN(C(=O)COc1cccc(C)c1C)C1CCCCCC1. The molecule has 150 valence electrons. The van der Waals surface area contributed by atoms with Crippen molar-refractivity contribution in [1.82, 2.24) is 4.90 Å². The zero-order chi connectivity index (χ0) is 19.8. The van der Waals surface area contributed by atoms with Crippen molar-refractivity contribution in [1.29, 1.82) is 0 Å². The number of nitrogens with zero attached hydrogens (tertiary/aromatic N) is 1. The summed E-state index contributed by atoms with van der Waals surface area (Å²) in [4.78, 5) is 26.8. The van der Waals surface area contributed by atoms with Crippen molar-refractivity contribution in [3.8, 4) is 5.75 Å². The lowest BCUT2D eigenvalue weighted by Crippen LogP contribution is -2.46. The number of carbonyl (C=O) groups is 2. The van der Waals surface area contributed by atoms with Gasteiger partial charge in [-0.05, 0) is 43.9 Å². The van der Waals surface area contributed by atoms with Crippen molar-refractivity contribution in [2.75, 3.05) is 20.3 Å². The second-order valence-electron chi connectivity index (χ2n) is 7.60. The zero-order valence-corrected chi connectivity index (χ0v) is 17.1. The highest BCUT2D eigenvalue weighted by atomic mass is 16.5. The molecule has 1 amide bonds. The maximum absolute atomic E-state index is 13.0. The number of hydrogen-bond acceptors (Lipinski definition) is 4. The molecule has 0 aromatic heterocycles. The number of esters is 1. The van der Waals surface area contributed by atoms with E-state index in [4.69, 9.17) is 9.47 Å². The summed E-state index contributed by atoms with van der Waals surface area (Å²) in [7, 11) is 1.39. The minimum atomic E-state index is -0.345. The van der Waals surface area contributed by atoms with Crippen LogP contribution in [0.5, 0.6) is 5.75 Å². The summed E-state index contributed by atoms with van der Waals surface area (Å²) in [6, 6.07) is 6.03. The summed E-state index contributed by atoms with van der Waals surface area (Å²) in [6.45, 7) is 6.22. The lowest BCUT2D eigenvalue weighted by Gasteiger charge is -2.33. The molecule has 0 heterocycles. The quantitative estimate of drug-likeness (QED) is 0.533. The highest BCUT2D eigenvalue weighted by molar-refractivity contribution is 5.79. The standard InChI is InChI=1S/C22H33NO4/c1-16-10-9-13-20(18(16)3)27-15-21(24)23(14-17(2)22(25)26-4)19-11-7-5-6-8-12-19/h9-10,13,17,19H,5-8,11-12,14-15H2,1-4H3. The van der Waals surface area contributed by atoms with Gasteiger partial charge in [0, 0.05) is 12.6 Å². The average Bonchev–Trinajstić information content (AvgIpc) is 2.95. The lowest BCUT2D eigenvalue weighted by atomic mass is 10.0. The minimum absolute atomic E-state index is 0.00527. The summed E-state index contributed by atoms with van der Waals surface area (Å²) in [5, 5.41) is 0. The molecule has 1 saturated carbocycles. The number of aryl methyl sites for hydroxylation is 1. The average molecular weight is 376 g/mol. The van der Waals surface area contributed by atoms with Gasteiger partial charge in [0.15, 0.2) is 6.61 Å². The van der Waals surface area contributed by atoms with Gasteiger partial charge in [-0.3, -0.25) is 9.59 Å². The number of hydrogen-bond donors (Lipinski definition) is 0. The fourth-order valence-corrected chi connectivity index (χ4v) is 3.70. The van der Waals surface area contributed by atoms with Crippen LogP contribution in [0.3, 0.4) is 0 Å². The fourth-order valence-electron chi connectivity index (χ4n) is 3.70. The maximum atomic E-state index is 13.0. The molecule has 0 saturated heterocycles. The Bertz CT molecular complexity index is 635. The van der Waals surface area contributed by atoms with Gasteiger partial charge in [-0.25, -0.2) is 0 Å². The molecule has 1 aromatic carbocycles. The predicted octanol–water partition coefficient (Wildman–Crippen LogP) is 4.04. The third-order valence-electron chi connectivity index (χ3n) is 5.57. The van der Waals surface area contributed by atoms with E-state index in [1.165, 1.54) is 20.0 Å². The Labute approximate surface area is 163 Å². The predicted molar refractivity (Wildman–Crippen MR) is 106 cm³/mol. The Morgan fingerprint density at radius 1 is 1.15 bits per heavy atom. The van der Waals surface area contributed by atoms with E-state index in [2.05, 4.69) is 0 Å². The molecule has 1 aliphatic rings. The van der Waals surface area contributed by atoms with Crippen molar-refractivity contribution < 1.29 is 19.1 Å². The van der Waals surface area contributed by atoms with E-state index in [9.17, 15) is 9.59 Å². The molecule has 0 aliphatic heterocycles. The van der Waals surface area contributed by atoms with Crippen molar-refractivity contribution >= 4 is 11.9 Å². The zero-order valence-electron chi connectivity index (χ0n) is 17.1. The first-order chi connectivity index (χ1) is 12.9. The molecule has 0 bridgehead atoms. The Kier molecular flexibility index (Phi) is 8.14. The van der Waals surface area contributed by atoms with Gasteiger partial charge in [-0.2, -0.15) is 0 Å².